The maximum Gasteiger partial charge on any atom is 0.123 e. The van der Waals surface area contributed by atoms with Crippen LogP contribution in [0.1, 0.15) is 29.2 Å². The van der Waals surface area contributed by atoms with Crippen molar-refractivity contribution in [2.75, 3.05) is 0 Å². The van der Waals surface area contributed by atoms with Crippen molar-refractivity contribution in [1.82, 2.24) is 0 Å². The first kappa shape index (κ1) is 14.0. The van der Waals surface area contributed by atoms with E-state index in [1.54, 1.807) is 6.92 Å². The van der Waals surface area contributed by atoms with Gasteiger partial charge in [-0.05, 0) is 55.7 Å². The molecule has 0 heterocycles. The molecule has 1 N–H and O–H groups in total. The maximum atomic E-state index is 13.4. The highest BCUT2D eigenvalue weighted by molar-refractivity contribution is 6.31. The first-order chi connectivity index (χ1) is 8.82. The number of rotatable bonds is 2. The van der Waals surface area contributed by atoms with Crippen molar-refractivity contribution in [1.29, 1.82) is 0 Å². The molecule has 0 amide bonds. The molecule has 0 aliphatic heterocycles. The van der Waals surface area contributed by atoms with Crippen LogP contribution in [0.25, 0.3) is 0 Å². The van der Waals surface area contributed by atoms with E-state index >= 15 is 0 Å². The fourth-order valence-electron chi connectivity index (χ4n) is 2.07. The largest absolute Gasteiger partial charge is 0.381 e. The number of aliphatic hydroxyl groups is 1. The van der Waals surface area contributed by atoms with Crippen LogP contribution in [0.5, 0.6) is 0 Å². The summed E-state index contributed by atoms with van der Waals surface area (Å²) in [6, 6.07) is 9.69. The Balaban J connectivity index is 2.57. The molecule has 1 unspecified atom stereocenters. The Labute approximate surface area is 117 Å². The summed E-state index contributed by atoms with van der Waals surface area (Å²) in [5.41, 5.74) is 1.97. The first-order valence-corrected chi connectivity index (χ1v) is 6.46. The number of hydrogen-bond donors (Lipinski definition) is 1. The molecule has 0 saturated carbocycles. The van der Waals surface area contributed by atoms with Crippen molar-refractivity contribution in [3.63, 3.8) is 0 Å². The Morgan fingerprint density at radius 1 is 1.05 bits per heavy atom. The third-order valence-corrected chi connectivity index (χ3v) is 3.85. The van der Waals surface area contributed by atoms with Gasteiger partial charge in [0.1, 0.15) is 11.4 Å². The summed E-state index contributed by atoms with van der Waals surface area (Å²) >= 11 is 6.08. The number of hydrogen-bond acceptors (Lipinski definition) is 1. The van der Waals surface area contributed by atoms with Gasteiger partial charge >= 0.3 is 0 Å². The molecule has 0 aliphatic carbocycles. The fourth-order valence-corrected chi connectivity index (χ4v) is 2.37. The summed E-state index contributed by atoms with van der Waals surface area (Å²) in [5, 5.41) is 11.1. The minimum absolute atomic E-state index is 0.352. The van der Waals surface area contributed by atoms with Gasteiger partial charge in [-0.15, -0.1) is 0 Å². The van der Waals surface area contributed by atoms with Gasteiger partial charge in [-0.3, -0.25) is 0 Å². The van der Waals surface area contributed by atoms with E-state index in [9.17, 15) is 9.50 Å². The quantitative estimate of drug-likeness (QED) is 0.866. The van der Waals surface area contributed by atoms with Gasteiger partial charge in [0.2, 0.25) is 0 Å². The summed E-state index contributed by atoms with van der Waals surface area (Å²) in [4.78, 5) is 0. The van der Waals surface area contributed by atoms with Crippen molar-refractivity contribution in [3.05, 3.63) is 69.5 Å². The van der Waals surface area contributed by atoms with Crippen LogP contribution in [0.3, 0.4) is 0 Å². The molecule has 0 radical (unpaired) electrons. The molecule has 0 spiro atoms. The molecule has 2 rings (SSSR count). The Morgan fingerprint density at radius 3 is 2.37 bits per heavy atom. The zero-order valence-corrected chi connectivity index (χ0v) is 11.9. The molecule has 2 aromatic rings. The Morgan fingerprint density at radius 2 is 1.74 bits per heavy atom. The van der Waals surface area contributed by atoms with Gasteiger partial charge < -0.3 is 5.11 Å². The smallest absolute Gasteiger partial charge is 0.123 e. The predicted octanol–water partition coefficient (Wildman–Crippen LogP) is 4.35. The van der Waals surface area contributed by atoms with Gasteiger partial charge in [0.05, 0.1) is 0 Å². The van der Waals surface area contributed by atoms with Crippen LogP contribution in [0, 0.1) is 19.7 Å². The zero-order valence-electron chi connectivity index (χ0n) is 11.2. The van der Waals surface area contributed by atoms with E-state index < -0.39 is 11.4 Å². The van der Waals surface area contributed by atoms with Gasteiger partial charge in [0, 0.05) is 10.6 Å². The lowest BCUT2D eigenvalue weighted by atomic mass is 9.86. The third kappa shape index (κ3) is 2.65. The topological polar surface area (TPSA) is 20.2 Å². The summed E-state index contributed by atoms with van der Waals surface area (Å²) in [6.07, 6.45) is 0. The highest BCUT2D eigenvalue weighted by Crippen LogP contribution is 2.35. The molecule has 100 valence electrons. The Hall–Kier alpha value is -1.38. The van der Waals surface area contributed by atoms with Crippen LogP contribution in [-0.4, -0.2) is 5.11 Å². The molecule has 1 nitrogen and oxygen atoms in total. The molecule has 0 saturated heterocycles. The molecule has 0 aliphatic rings. The van der Waals surface area contributed by atoms with Crippen molar-refractivity contribution in [2.45, 2.75) is 26.4 Å². The SMILES string of the molecule is Cc1ccc(C(C)(O)c2cc(F)ccc2Cl)cc1C. The highest BCUT2D eigenvalue weighted by atomic mass is 35.5. The molecule has 0 bridgehead atoms. The molecular formula is C16H16ClFO. The van der Waals surface area contributed by atoms with E-state index in [4.69, 9.17) is 11.6 Å². The molecular weight excluding hydrogens is 263 g/mol. The van der Waals surface area contributed by atoms with E-state index in [2.05, 4.69) is 0 Å². The number of benzene rings is 2. The lowest BCUT2D eigenvalue weighted by molar-refractivity contribution is 0.102. The fraction of sp³-hybridized carbons (Fsp3) is 0.250. The average molecular weight is 279 g/mol. The average Bonchev–Trinajstić information content (AvgIpc) is 2.35. The van der Waals surface area contributed by atoms with E-state index in [1.165, 1.54) is 18.2 Å². The summed E-state index contributed by atoms with van der Waals surface area (Å²) in [7, 11) is 0. The van der Waals surface area contributed by atoms with Gasteiger partial charge in [-0.1, -0.05) is 29.8 Å². The molecule has 2 aromatic carbocycles. The summed E-state index contributed by atoms with van der Waals surface area (Å²) in [6.45, 7) is 5.60. The third-order valence-electron chi connectivity index (χ3n) is 3.52. The van der Waals surface area contributed by atoms with Crippen LogP contribution >= 0.6 is 11.6 Å². The van der Waals surface area contributed by atoms with E-state index in [0.717, 1.165) is 11.1 Å². The zero-order chi connectivity index (χ0) is 14.2. The number of aryl methyl sites for hydroxylation is 2. The normalized spacial score (nSPS) is 14.2. The van der Waals surface area contributed by atoms with E-state index in [0.29, 0.717) is 16.1 Å². The van der Waals surface area contributed by atoms with Crippen LogP contribution in [-0.2, 0) is 5.60 Å². The minimum atomic E-state index is -1.32. The predicted molar refractivity (Wildman–Crippen MR) is 76.0 cm³/mol. The molecule has 3 heteroatoms. The standard InChI is InChI=1S/C16H16ClFO/c1-10-4-5-12(8-11(10)2)16(3,19)14-9-13(18)6-7-15(14)17/h4-9,19H,1-3H3. The molecule has 0 aromatic heterocycles. The lowest BCUT2D eigenvalue weighted by Gasteiger charge is -2.26. The van der Waals surface area contributed by atoms with Gasteiger partial charge in [-0.25, -0.2) is 4.39 Å². The second kappa shape index (κ2) is 4.95. The Kier molecular flexibility index (Phi) is 3.66. The molecule has 1 atom stereocenters. The summed E-state index contributed by atoms with van der Waals surface area (Å²) < 4.78 is 13.4. The van der Waals surface area contributed by atoms with Crippen molar-refractivity contribution in [2.24, 2.45) is 0 Å². The molecule has 0 fully saturated rings. The van der Waals surface area contributed by atoms with Gasteiger partial charge in [0.25, 0.3) is 0 Å². The van der Waals surface area contributed by atoms with Crippen LogP contribution in [0.2, 0.25) is 5.02 Å². The lowest BCUT2D eigenvalue weighted by Crippen LogP contribution is -2.23. The van der Waals surface area contributed by atoms with Crippen molar-refractivity contribution < 1.29 is 9.50 Å². The Bertz CT molecular complexity index is 620. The van der Waals surface area contributed by atoms with E-state index in [1.807, 2.05) is 32.0 Å². The minimum Gasteiger partial charge on any atom is -0.381 e. The second-order valence-corrected chi connectivity index (χ2v) is 5.40. The van der Waals surface area contributed by atoms with Gasteiger partial charge in [-0.2, -0.15) is 0 Å². The van der Waals surface area contributed by atoms with Crippen LogP contribution < -0.4 is 0 Å². The van der Waals surface area contributed by atoms with Crippen LogP contribution in [0.4, 0.5) is 4.39 Å². The van der Waals surface area contributed by atoms with Crippen molar-refractivity contribution in [3.8, 4) is 0 Å². The summed E-state index contributed by atoms with van der Waals surface area (Å²) in [5.74, 6) is -0.413. The van der Waals surface area contributed by atoms with Crippen molar-refractivity contribution >= 4 is 11.6 Å². The number of halogens is 2. The van der Waals surface area contributed by atoms with Crippen LogP contribution in [0.15, 0.2) is 36.4 Å². The molecule has 19 heavy (non-hydrogen) atoms. The van der Waals surface area contributed by atoms with E-state index in [-0.39, 0.29) is 0 Å². The van der Waals surface area contributed by atoms with Gasteiger partial charge in [0.15, 0.2) is 0 Å². The first-order valence-electron chi connectivity index (χ1n) is 6.08. The maximum absolute atomic E-state index is 13.4. The highest BCUT2D eigenvalue weighted by Gasteiger charge is 2.28. The monoisotopic (exact) mass is 278 g/mol. The second-order valence-electron chi connectivity index (χ2n) is 5.00.